The van der Waals surface area contributed by atoms with E-state index < -0.39 is 0 Å². The standard InChI is InChI=1S/C18H18BrN3/c1-10-8-11(2)17(12(3)9-10)22-18-16-13(6-7-21-18)15(20)5-4-14(16)19/h4-9H,20H2,1-3H3,(H,21,22). The van der Waals surface area contributed by atoms with Crippen molar-refractivity contribution in [3.05, 3.63) is 57.7 Å². The van der Waals surface area contributed by atoms with Gasteiger partial charge in [0.1, 0.15) is 5.82 Å². The normalized spacial score (nSPS) is 10.9. The zero-order valence-corrected chi connectivity index (χ0v) is 14.5. The van der Waals surface area contributed by atoms with Gasteiger partial charge in [-0.2, -0.15) is 0 Å². The van der Waals surface area contributed by atoms with E-state index in [9.17, 15) is 0 Å². The lowest BCUT2D eigenvalue weighted by atomic mass is 10.0. The quantitative estimate of drug-likeness (QED) is 0.617. The van der Waals surface area contributed by atoms with Crippen LogP contribution in [0.3, 0.4) is 0 Å². The van der Waals surface area contributed by atoms with Crippen molar-refractivity contribution in [2.45, 2.75) is 20.8 Å². The van der Waals surface area contributed by atoms with Gasteiger partial charge in [0.05, 0.1) is 0 Å². The van der Waals surface area contributed by atoms with Crippen LogP contribution in [0, 0.1) is 20.8 Å². The number of aryl methyl sites for hydroxylation is 3. The lowest BCUT2D eigenvalue weighted by molar-refractivity contribution is 1.28. The highest BCUT2D eigenvalue weighted by molar-refractivity contribution is 9.10. The number of benzene rings is 2. The first-order valence-corrected chi connectivity index (χ1v) is 7.94. The maximum Gasteiger partial charge on any atom is 0.139 e. The number of pyridine rings is 1. The second kappa shape index (κ2) is 5.61. The van der Waals surface area contributed by atoms with Gasteiger partial charge in [-0.25, -0.2) is 4.98 Å². The summed E-state index contributed by atoms with van der Waals surface area (Å²) >= 11 is 3.61. The van der Waals surface area contributed by atoms with Gasteiger partial charge < -0.3 is 11.1 Å². The Morgan fingerprint density at radius 2 is 1.73 bits per heavy atom. The van der Waals surface area contributed by atoms with Gasteiger partial charge in [0.25, 0.3) is 0 Å². The molecule has 3 rings (SSSR count). The van der Waals surface area contributed by atoms with Crippen molar-refractivity contribution in [3.8, 4) is 0 Å². The number of anilines is 3. The van der Waals surface area contributed by atoms with Crippen LogP contribution in [-0.2, 0) is 0 Å². The number of nitrogens with zero attached hydrogens (tertiary/aromatic N) is 1. The van der Waals surface area contributed by atoms with Gasteiger partial charge in [-0.15, -0.1) is 0 Å². The molecule has 0 amide bonds. The SMILES string of the molecule is Cc1cc(C)c(Nc2nccc3c(N)ccc(Br)c23)c(C)c1. The Balaban J connectivity index is 2.19. The number of nitrogens with two attached hydrogens (primary N) is 1. The van der Waals surface area contributed by atoms with Gasteiger partial charge in [-0.1, -0.05) is 33.6 Å². The lowest BCUT2D eigenvalue weighted by Crippen LogP contribution is -2.00. The fourth-order valence-corrected chi connectivity index (χ4v) is 3.40. The zero-order valence-electron chi connectivity index (χ0n) is 12.9. The summed E-state index contributed by atoms with van der Waals surface area (Å²) in [4.78, 5) is 4.51. The summed E-state index contributed by atoms with van der Waals surface area (Å²) in [5.41, 5.74) is 11.6. The molecule has 0 bridgehead atoms. The Labute approximate surface area is 138 Å². The van der Waals surface area contributed by atoms with Crippen LogP contribution in [0.15, 0.2) is 41.0 Å². The molecule has 3 nitrogen and oxygen atoms in total. The third-order valence-electron chi connectivity index (χ3n) is 3.83. The number of hydrogen-bond acceptors (Lipinski definition) is 3. The molecule has 0 saturated carbocycles. The molecule has 0 fully saturated rings. The smallest absolute Gasteiger partial charge is 0.139 e. The summed E-state index contributed by atoms with van der Waals surface area (Å²) in [6.07, 6.45) is 1.78. The molecule has 0 unspecified atom stereocenters. The van der Waals surface area contributed by atoms with E-state index in [1.807, 2.05) is 18.2 Å². The molecule has 3 N–H and O–H groups in total. The molecule has 0 aliphatic carbocycles. The Hall–Kier alpha value is -2.07. The van der Waals surface area contributed by atoms with Crippen molar-refractivity contribution in [3.63, 3.8) is 0 Å². The molecule has 2 aromatic carbocycles. The molecule has 0 atom stereocenters. The molecule has 1 heterocycles. The Kier molecular flexibility index (Phi) is 3.79. The van der Waals surface area contributed by atoms with Gasteiger partial charge in [-0.3, -0.25) is 0 Å². The summed E-state index contributed by atoms with van der Waals surface area (Å²) in [6.45, 7) is 6.32. The Morgan fingerprint density at radius 1 is 1.05 bits per heavy atom. The highest BCUT2D eigenvalue weighted by Crippen LogP contribution is 2.35. The molecule has 1 aromatic heterocycles. The van der Waals surface area contributed by atoms with Crippen molar-refractivity contribution < 1.29 is 0 Å². The molecule has 0 aliphatic heterocycles. The summed E-state index contributed by atoms with van der Waals surface area (Å²) in [7, 11) is 0. The number of hydrogen-bond donors (Lipinski definition) is 2. The molecular weight excluding hydrogens is 338 g/mol. The minimum Gasteiger partial charge on any atom is -0.398 e. The molecule has 3 aromatic rings. The van der Waals surface area contributed by atoms with Crippen LogP contribution >= 0.6 is 15.9 Å². The third-order valence-corrected chi connectivity index (χ3v) is 4.49. The van der Waals surface area contributed by atoms with Crippen molar-refractivity contribution >= 4 is 43.9 Å². The van der Waals surface area contributed by atoms with E-state index in [1.165, 1.54) is 16.7 Å². The van der Waals surface area contributed by atoms with Crippen LogP contribution in [0.2, 0.25) is 0 Å². The zero-order chi connectivity index (χ0) is 15.9. The first-order chi connectivity index (χ1) is 10.5. The lowest BCUT2D eigenvalue weighted by Gasteiger charge is -2.16. The van der Waals surface area contributed by atoms with Gasteiger partial charge in [0, 0.05) is 32.8 Å². The maximum atomic E-state index is 6.09. The fourth-order valence-electron chi connectivity index (χ4n) is 2.87. The van der Waals surface area contributed by atoms with E-state index in [-0.39, 0.29) is 0 Å². The van der Waals surface area contributed by atoms with Crippen molar-refractivity contribution in [1.29, 1.82) is 0 Å². The van der Waals surface area contributed by atoms with Gasteiger partial charge in [0.2, 0.25) is 0 Å². The van der Waals surface area contributed by atoms with Crippen LogP contribution in [0.5, 0.6) is 0 Å². The van der Waals surface area contributed by atoms with E-state index in [0.717, 1.165) is 32.4 Å². The topological polar surface area (TPSA) is 50.9 Å². The second-order valence-electron chi connectivity index (χ2n) is 5.62. The van der Waals surface area contributed by atoms with E-state index in [4.69, 9.17) is 5.73 Å². The molecule has 0 spiro atoms. The minimum absolute atomic E-state index is 0.751. The van der Waals surface area contributed by atoms with E-state index >= 15 is 0 Å². The largest absolute Gasteiger partial charge is 0.398 e. The summed E-state index contributed by atoms with van der Waals surface area (Å²) in [5, 5.41) is 5.48. The summed E-state index contributed by atoms with van der Waals surface area (Å²) in [5.74, 6) is 0.812. The highest BCUT2D eigenvalue weighted by atomic mass is 79.9. The molecule has 0 aliphatic rings. The van der Waals surface area contributed by atoms with Gasteiger partial charge in [0.15, 0.2) is 0 Å². The fraction of sp³-hybridized carbons (Fsp3) is 0.167. The first-order valence-electron chi connectivity index (χ1n) is 7.15. The van der Waals surface area contributed by atoms with E-state index in [1.54, 1.807) is 6.20 Å². The minimum atomic E-state index is 0.751. The number of fused-ring (bicyclic) bond motifs is 1. The van der Waals surface area contributed by atoms with Gasteiger partial charge >= 0.3 is 0 Å². The predicted octanol–water partition coefficient (Wildman–Crippen LogP) is 5.25. The second-order valence-corrected chi connectivity index (χ2v) is 6.47. The number of rotatable bonds is 2. The van der Waals surface area contributed by atoms with E-state index in [0.29, 0.717) is 0 Å². The van der Waals surface area contributed by atoms with Gasteiger partial charge in [-0.05, 0) is 50.1 Å². The molecule has 0 radical (unpaired) electrons. The molecule has 112 valence electrons. The highest BCUT2D eigenvalue weighted by Gasteiger charge is 2.11. The molecule has 22 heavy (non-hydrogen) atoms. The van der Waals surface area contributed by atoms with Crippen molar-refractivity contribution in [2.75, 3.05) is 11.1 Å². The molecular formula is C18H18BrN3. The number of aromatic nitrogens is 1. The van der Waals surface area contributed by atoms with Crippen LogP contribution in [0.25, 0.3) is 10.8 Å². The predicted molar refractivity (Wildman–Crippen MR) is 97.8 cm³/mol. The van der Waals surface area contributed by atoms with Crippen LogP contribution < -0.4 is 11.1 Å². The number of nitrogen functional groups attached to an aromatic ring is 1. The average molecular weight is 356 g/mol. The first kappa shape index (κ1) is 14.9. The Bertz CT molecular complexity index is 849. The van der Waals surface area contributed by atoms with Crippen molar-refractivity contribution in [1.82, 2.24) is 4.98 Å². The Morgan fingerprint density at radius 3 is 2.41 bits per heavy atom. The number of halogens is 1. The summed E-state index contributed by atoms with van der Waals surface area (Å²) in [6, 6.07) is 10.1. The number of nitrogens with one attached hydrogen (secondary N) is 1. The van der Waals surface area contributed by atoms with E-state index in [2.05, 4.69) is 59.1 Å². The average Bonchev–Trinajstić information content (AvgIpc) is 2.46. The molecule has 4 heteroatoms. The molecule has 0 saturated heterocycles. The van der Waals surface area contributed by atoms with Crippen LogP contribution in [-0.4, -0.2) is 4.98 Å². The third kappa shape index (κ3) is 2.55. The van der Waals surface area contributed by atoms with Crippen LogP contribution in [0.1, 0.15) is 16.7 Å². The van der Waals surface area contributed by atoms with Crippen molar-refractivity contribution in [2.24, 2.45) is 0 Å². The maximum absolute atomic E-state index is 6.09. The van der Waals surface area contributed by atoms with Crippen LogP contribution in [0.4, 0.5) is 17.2 Å². The monoisotopic (exact) mass is 355 g/mol. The summed E-state index contributed by atoms with van der Waals surface area (Å²) < 4.78 is 0.981.